The van der Waals surface area contributed by atoms with Crippen LogP contribution in [0.4, 0.5) is 5.69 Å². The molecule has 0 unspecified atom stereocenters. The minimum absolute atomic E-state index is 0.0137. The second kappa shape index (κ2) is 12.1. The van der Waals surface area contributed by atoms with E-state index in [1.807, 2.05) is 60.7 Å². The summed E-state index contributed by atoms with van der Waals surface area (Å²) in [5.74, 6) is 1.66. The van der Waals surface area contributed by atoms with Gasteiger partial charge in [0.25, 0.3) is 0 Å². The lowest BCUT2D eigenvalue weighted by Gasteiger charge is -2.19. The Kier molecular flexibility index (Phi) is 9.43. The molecule has 2 N–H and O–H groups in total. The Bertz CT molecular complexity index is 1160. The quantitative estimate of drug-likeness (QED) is 0.177. The number of thiocarbonyl (C=S) groups is 1. The molecule has 0 spiro atoms. The zero-order valence-electron chi connectivity index (χ0n) is 19.5. The molecule has 0 atom stereocenters. The average Bonchev–Trinajstić information content (AvgIpc) is 2.79. The Morgan fingerprint density at radius 3 is 2.38 bits per heavy atom. The van der Waals surface area contributed by atoms with Crippen molar-refractivity contribution >= 4 is 63.8 Å². The highest BCUT2D eigenvalue weighted by atomic mass is 35.5. The van der Waals surface area contributed by atoms with Gasteiger partial charge in [0.2, 0.25) is 0 Å². The number of rotatable bonds is 8. The molecule has 0 fully saturated rings. The van der Waals surface area contributed by atoms with Crippen LogP contribution < -0.4 is 10.6 Å². The molecule has 0 amide bonds. The van der Waals surface area contributed by atoms with Gasteiger partial charge >= 0.3 is 0 Å². The van der Waals surface area contributed by atoms with E-state index in [9.17, 15) is 4.79 Å². The molecule has 3 rings (SSSR count). The standard InChI is InChI=1S/C27H28Cl2N2OS2/c1-27(2,3)21-10-7-18(8-11-21)25(32)19-5-4-6-23(15-19)31-26(33)30-13-14-34-17-20-9-12-22(28)16-24(20)29/h4-12,15-16H,13-14,17H2,1-3H3,(H2,30,31,33). The molecular weight excluding hydrogens is 503 g/mol. The first-order chi connectivity index (χ1) is 16.1. The van der Waals surface area contributed by atoms with Gasteiger partial charge in [-0.2, -0.15) is 11.8 Å². The van der Waals surface area contributed by atoms with Crippen LogP contribution in [0.1, 0.15) is 47.8 Å². The Labute approximate surface area is 221 Å². The van der Waals surface area contributed by atoms with Gasteiger partial charge in [-0.3, -0.25) is 4.79 Å². The predicted molar refractivity (Wildman–Crippen MR) is 152 cm³/mol. The second-order valence-electron chi connectivity index (χ2n) is 8.91. The van der Waals surface area contributed by atoms with Gasteiger partial charge in [0.05, 0.1) is 0 Å². The molecule has 0 aliphatic rings. The van der Waals surface area contributed by atoms with Gasteiger partial charge in [-0.25, -0.2) is 0 Å². The van der Waals surface area contributed by atoms with Crippen LogP contribution in [0.2, 0.25) is 10.0 Å². The number of benzene rings is 3. The first-order valence-electron chi connectivity index (χ1n) is 11.0. The van der Waals surface area contributed by atoms with Gasteiger partial charge in [-0.1, -0.05) is 86.4 Å². The lowest BCUT2D eigenvalue weighted by Crippen LogP contribution is -2.30. The molecule has 3 nitrogen and oxygen atoms in total. The minimum Gasteiger partial charge on any atom is -0.362 e. The molecule has 0 aromatic heterocycles. The molecular formula is C27H28Cl2N2OS2. The van der Waals surface area contributed by atoms with Crippen LogP contribution >= 0.6 is 47.2 Å². The fourth-order valence-corrected chi connectivity index (χ4v) is 4.90. The molecule has 0 saturated carbocycles. The van der Waals surface area contributed by atoms with Crippen molar-refractivity contribution in [3.05, 3.63) is 99.0 Å². The summed E-state index contributed by atoms with van der Waals surface area (Å²) in [6.07, 6.45) is 0. The first-order valence-corrected chi connectivity index (χ1v) is 13.3. The van der Waals surface area contributed by atoms with Crippen LogP contribution in [0.5, 0.6) is 0 Å². The van der Waals surface area contributed by atoms with Crippen molar-refractivity contribution in [2.45, 2.75) is 31.9 Å². The van der Waals surface area contributed by atoms with E-state index in [-0.39, 0.29) is 11.2 Å². The molecule has 0 bridgehead atoms. The molecule has 7 heteroatoms. The van der Waals surface area contributed by atoms with Gasteiger partial charge in [0, 0.05) is 44.9 Å². The Hall–Kier alpha value is -2.05. The molecule has 34 heavy (non-hydrogen) atoms. The zero-order valence-corrected chi connectivity index (χ0v) is 22.6. The van der Waals surface area contributed by atoms with E-state index in [1.165, 1.54) is 5.56 Å². The number of hydrogen-bond donors (Lipinski definition) is 2. The highest BCUT2D eigenvalue weighted by molar-refractivity contribution is 7.98. The summed E-state index contributed by atoms with van der Waals surface area (Å²) in [6, 6.07) is 20.8. The lowest BCUT2D eigenvalue weighted by atomic mass is 9.86. The summed E-state index contributed by atoms with van der Waals surface area (Å²) in [7, 11) is 0. The van der Waals surface area contributed by atoms with E-state index >= 15 is 0 Å². The molecule has 0 saturated heterocycles. The van der Waals surface area contributed by atoms with Gasteiger partial charge in [0.15, 0.2) is 10.9 Å². The highest BCUT2D eigenvalue weighted by Gasteiger charge is 2.15. The molecule has 3 aromatic carbocycles. The maximum absolute atomic E-state index is 13.0. The summed E-state index contributed by atoms with van der Waals surface area (Å²) < 4.78 is 0. The maximum Gasteiger partial charge on any atom is 0.193 e. The van der Waals surface area contributed by atoms with E-state index in [0.717, 1.165) is 22.8 Å². The van der Waals surface area contributed by atoms with Crippen LogP contribution in [-0.2, 0) is 11.2 Å². The minimum atomic E-state index is -0.0137. The molecule has 0 heterocycles. The summed E-state index contributed by atoms with van der Waals surface area (Å²) >= 11 is 19.3. The maximum atomic E-state index is 13.0. The average molecular weight is 532 g/mol. The smallest absolute Gasteiger partial charge is 0.193 e. The zero-order chi connectivity index (χ0) is 24.7. The number of halogens is 2. The normalized spacial score (nSPS) is 11.2. The SMILES string of the molecule is CC(C)(C)c1ccc(C(=O)c2cccc(NC(=S)NCCSCc3ccc(Cl)cc3Cl)c2)cc1. The molecule has 0 aliphatic heterocycles. The fraction of sp³-hybridized carbons (Fsp3) is 0.259. The van der Waals surface area contributed by atoms with Gasteiger partial charge in [-0.15, -0.1) is 0 Å². The van der Waals surface area contributed by atoms with Crippen molar-refractivity contribution < 1.29 is 4.79 Å². The number of thioether (sulfide) groups is 1. The van der Waals surface area contributed by atoms with Crippen molar-refractivity contribution in [2.75, 3.05) is 17.6 Å². The predicted octanol–water partition coefficient (Wildman–Crippen LogP) is 7.74. The number of carbonyl (C=O) groups is 1. The molecule has 3 aromatic rings. The number of anilines is 1. The van der Waals surface area contributed by atoms with Crippen LogP contribution in [0.3, 0.4) is 0 Å². The van der Waals surface area contributed by atoms with E-state index in [1.54, 1.807) is 17.8 Å². The van der Waals surface area contributed by atoms with Crippen molar-refractivity contribution in [3.63, 3.8) is 0 Å². The Morgan fingerprint density at radius 1 is 0.971 bits per heavy atom. The second-order valence-corrected chi connectivity index (χ2v) is 11.3. The molecule has 178 valence electrons. The first kappa shape index (κ1) is 26.6. The van der Waals surface area contributed by atoms with Crippen molar-refractivity contribution in [3.8, 4) is 0 Å². The van der Waals surface area contributed by atoms with E-state index in [0.29, 0.717) is 32.8 Å². The third kappa shape index (κ3) is 7.74. The summed E-state index contributed by atoms with van der Waals surface area (Å²) in [5, 5.41) is 8.21. The van der Waals surface area contributed by atoms with Crippen LogP contribution in [0.25, 0.3) is 0 Å². The monoisotopic (exact) mass is 530 g/mol. The van der Waals surface area contributed by atoms with Crippen molar-refractivity contribution in [1.29, 1.82) is 0 Å². The topological polar surface area (TPSA) is 41.1 Å². The molecule has 0 radical (unpaired) electrons. The molecule has 0 aliphatic carbocycles. The van der Waals surface area contributed by atoms with Crippen molar-refractivity contribution in [2.24, 2.45) is 0 Å². The lowest BCUT2D eigenvalue weighted by molar-refractivity contribution is 0.103. The van der Waals surface area contributed by atoms with E-state index in [4.69, 9.17) is 35.4 Å². The van der Waals surface area contributed by atoms with E-state index < -0.39 is 0 Å². The largest absolute Gasteiger partial charge is 0.362 e. The fourth-order valence-electron chi connectivity index (χ4n) is 3.26. The van der Waals surface area contributed by atoms with Crippen LogP contribution in [0, 0.1) is 0 Å². The van der Waals surface area contributed by atoms with Crippen molar-refractivity contribution in [1.82, 2.24) is 5.32 Å². The number of ketones is 1. The third-order valence-electron chi connectivity index (χ3n) is 5.20. The van der Waals surface area contributed by atoms with Gasteiger partial charge in [0.1, 0.15) is 0 Å². The van der Waals surface area contributed by atoms with Crippen LogP contribution in [0.15, 0.2) is 66.7 Å². The number of hydrogen-bond acceptors (Lipinski definition) is 3. The van der Waals surface area contributed by atoms with Gasteiger partial charge < -0.3 is 10.6 Å². The summed E-state index contributed by atoms with van der Waals surface area (Å²) in [4.78, 5) is 13.0. The Balaban J connectivity index is 1.48. The summed E-state index contributed by atoms with van der Waals surface area (Å²) in [6.45, 7) is 7.18. The third-order valence-corrected chi connectivity index (χ3v) is 7.04. The van der Waals surface area contributed by atoms with Gasteiger partial charge in [-0.05, 0) is 53.0 Å². The Morgan fingerprint density at radius 2 is 1.71 bits per heavy atom. The number of carbonyl (C=O) groups excluding carboxylic acids is 1. The van der Waals surface area contributed by atoms with E-state index in [2.05, 4.69) is 31.4 Å². The highest BCUT2D eigenvalue weighted by Crippen LogP contribution is 2.25. The number of nitrogens with one attached hydrogen (secondary N) is 2. The van der Waals surface area contributed by atoms with Crippen LogP contribution in [-0.4, -0.2) is 23.2 Å². The summed E-state index contributed by atoms with van der Waals surface area (Å²) in [5.41, 5.74) is 4.37.